The highest BCUT2D eigenvalue weighted by Gasteiger charge is 2.17. The quantitative estimate of drug-likeness (QED) is 0.661. The van der Waals surface area contributed by atoms with Crippen LogP contribution < -0.4 is 10.0 Å². The van der Waals surface area contributed by atoms with Crippen LogP contribution in [-0.4, -0.2) is 19.9 Å². The Morgan fingerprint density at radius 1 is 1.04 bits per heavy atom. The lowest BCUT2D eigenvalue weighted by molar-refractivity contribution is 0.601. The molecule has 0 aliphatic carbocycles. The van der Waals surface area contributed by atoms with E-state index < -0.39 is 10.0 Å². The first-order valence-corrected chi connectivity index (χ1v) is 10.00. The van der Waals surface area contributed by atoms with E-state index in [0.717, 1.165) is 29.8 Å². The summed E-state index contributed by atoms with van der Waals surface area (Å²) < 4.78 is 27.6. The summed E-state index contributed by atoms with van der Waals surface area (Å²) in [4.78, 5) is 4.32. The number of hydrogen-bond acceptors (Lipinski definition) is 4. The van der Waals surface area contributed by atoms with Crippen LogP contribution in [-0.2, 0) is 16.4 Å². The van der Waals surface area contributed by atoms with Crippen molar-refractivity contribution in [3.05, 3.63) is 71.5 Å². The lowest BCUT2D eigenvalue weighted by atomic mass is 10.0. The van der Waals surface area contributed by atoms with Gasteiger partial charge < -0.3 is 5.32 Å². The van der Waals surface area contributed by atoms with Crippen LogP contribution >= 0.6 is 11.6 Å². The molecule has 4 rings (SSSR count). The van der Waals surface area contributed by atoms with Crippen LogP contribution in [0.5, 0.6) is 0 Å². The molecule has 0 radical (unpaired) electrons. The van der Waals surface area contributed by atoms with Crippen molar-refractivity contribution in [3.8, 4) is 11.1 Å². The summed E-state index contributed by atoms with van der Waals surface area (Å²) in [5.41, 5.74) is 4.41. The normalized spacial score (nSPS) is 13.1. The van der Waals surface area contributed by atoms with Gasteiger partial charge in [-0.05, 0) is 47.9 Å². The topological polar surface area (TPSA) is 71.1 Å². The number of nitrogens with zero attached hydrogens (tertiary/aromatic N) is 1. The molecule has 0 saturated heterocycles. The zero-order valence-corrected chi connectivity index (χ0v) is 15.3. The number of nitrogens with one attached hydrogen (secondary N) is 2. The van der Waals surface area contributed by atoms with E-state index in [0.29, 0.717) is 0 Å². The van der Waals surface area contributed by atoms with Crippen molar-refractivity contribution in [1.82, 2.24) is 4.98 Å². The van der Waals surface area contributed by atoms with Crippen molar-refractivity contribution in [1.29, 1.82) is 0 Å². The van der Waals surface area contributed by atoms with Crippen molar-refractivity contribution >= 4 is 33.0 Å². The van der Waals surface area contributed by atoms with Gasteiger partial charge in [0, 0.05) is 24.0 Å². The summed E-state index contributed by atoms with van der Waals surface area (Å²) in [6.07, 6.45) is 2.62. The van der Waals surface area contributed by atoms with Gasteiger partial charge in [-0.3, -0.25) is 4.72 Å². The van der Waals surface area contributed by atoms with E-state index in [4.69, 9.17) is 11.6 Å². The number of benzene rings is 2. The largest absolute Gasteiger partial charge is 0.384 e. The minimum absolute atomic E-state index is 0.107. The summed E-state index contributed by atoms with van der Waals surface area (Å²) in [5.74, 6) is 0. The number of anilines is 2. The van der Waals surface area contributed by atoms with Crippen LogP contribution in [0.25, 0.3) is 11.1 Å². The highest BCUT2D eigenvalue weighted by atomic mass is 35.5. The van der Waals surface area contributed by atoms with Gasteiger partial charge in [0.05, 0.1) is 10.6 Å². The second kappa shape index (κ2) is 6.63. The van der Waals surface area contributed by atoms with Gasteiger partial charge in [-0.15, -0.1) is 0 Å². The molecule has 2 heterocycles. The number of rotatable bonds is 4. The second-order valence-corrected chi connectivity index (χ2v) is 8.07. The van der Waals surface area contributed by atoms with Crippen LogP contribution in [0.15, 0.2) is 65.7 Å². The second-order valence-electron chi connectivity index (χ2n) is 6.03. The molecule has 2 aromatic carbocycles. The Morgan fingerprint density at radius 3 is 2.65 bits per heavy atom. The fourth-order valence-corrected chi connectivity index (χ4v) is 4.25. The number of pyridine rings is 1. The van der Waals surface area contributed by atoms with E-state index in [1.54, 1.807) is 30.5 Å². The minimum atomic E-state index is -3.73. The Hall–Kier alpha value is -2.57. The maximum atomic E-state index is 12.5. The molecule has 5 nitrogen and oxygen atoms in total. The van der Waals surface area contributed by atoms with E-state index in [1.165, 1.54) is 17.7 Å². The number of hydrogen-bond donors (Lipinski definition) is 2. The van der Waals surface area contributed by atoms with E-state index >= 15 is 0 Å². The Labute approximate surface area is 157 Å². The third-order valence-electron chi connectivity index (χ3n) is 4.29. The predicted molar refractivity (Wildman–Crippen MR) is 104 cm³/mol. The molecule has 1 aliphatic heterocycles. The smallest absolute Gasteiger partial charge is 0.261 e. The molecule has 26 heavy (non-hydrogen) atoms. The molecule has 0 spiro atoms. The maximum Gasteiger partial charge on any atom is 0.261 e. The monoisotopic (exact) mass is 385 g/mol. The van der Waals surface area contributed by atoms with Crippen molar-refractivity contribution < 1.29 is 8.42 Å². The molecule has 7 heteroatoms. The molecular weight excluding hydrogens is 370 g/mol. The first kappa shape index (κ1) is 16.9. The number of aromatic nitrogens is 1. The molecule has 0 amide bonds. The summed E-state index contributed by atoms with van der Waals surface area (Å²) >= 11 is 6.12. The van der Waals surface area contributed by atoms with Gasteiger partial charge in [0.15, 0.2) is 5.15 Å². The maximum absolute atomic E-state index is 12.5. The van der Waals surface area contributed by atoms with Crippen molar-refractivity contribution in [2.75, 3.05) is 16.6 Å². The highest BCUT2D eigenvalue weighted by Crippen LogP contribution is 2.32. The highest BCUT2D eigenvalue weighted by molar-refractivity contribution is 7.92. The van der Waals surface area contributed by atoms with E-state index in [-0.39, 0.29) is 15.7 Å². The fraction of sp³-hybridized carbons (Fsp3) is 0.105. The van der Waals surface area contributed by atoms with Crippen molar-refractivity contribution in [3.63, 3.8) is 0 Å². The molecule has 1 aromatic heterocycles. The van der Waals surface area contributed by atoms with Gasteiger partial charge in [-0.1, -0.05) is 35.9 Å². The zero-order chi connectivity index (χ0) is 18.1. The van der Waals surface area contributed by atoms with Crippen LogP contribution in [0.3, 0.4) is 0 Å². The molecule has 0 bridgehead atoms. The Bertz CT molecular complexity index is 1070. The van der Waals surface area contributed by atoms with Gasteiger partial charge >= 0.3 is 0 Å². The van der Waals surface area contributed by atoms with E-state index in [2.05, 4.69) is 21.1 Å². The predicted octanol–water partition coefficient (Wildman–Crippen LogP) is 4.17. The molecule has 0 unspecified atom stereocenters. The summed E-state index contributed by atoms with van der Waals surface area (Å²) in [7, 11) is -3.73. The summed E-state index contributed by atoms with van der Waals surface area (Å²) in [6, 6.07) is 16.0. The molecule has 1 aliphatic rings. The van der Waals surface area contributed by atoms with Gasteiger partial charge in [0.1, 0.15) is 0 Å². The van der Waals surface area contributed by atoms with Gasteiger partial charge in [-0.25, -0.2) is 13.4 Å². The Balaban J connectivity index is 1.69. The minimum Gasteiger partial charge on any atom is -0.384 e. The van der Waals surface area contributed by atoms with Crippen LogP contribution in [0, 0.1) is 0 Å². The average Bonchev–Trinajstić information content (AvgIpc) is 3.12. The van der Waals surface area contributed by atoms with Crippen LogP contribution in [0.2, 0.25) is 5.15 Å². The molecule has 0 saturated carbocycles. The van der Waals surface area contributed by atoms with Crippen LogP contribution in [0.4, 0.5) is 11.4 Å². The third kappa shape index (κ3) is 3.25. The first-order valence-electron chi connectivity index (χ1n) is 8.13. The summed E-state index contributed by atoms with van der Waals surface area (Å²) in [5, 5.41) is 3.43. The number of fused-ring (bicyclic) bond motifs is 1. The Kier molecular flexibility index (Phi) is 4.30. The molecule has 3 aromatic rings. The number of halogens is 1. The third-order valence-corrected chi connectivity index (χ3v) is 5.97. The van der Waals surface area contributed by atoms with Gasteiger partial charge in [0.2, 0.25) is 0 Å². The van der Waals surface area contributed by atoms with Crippen LogP contribution in [0.1, 0.15) is 5.56 Å². The standard InChI is InChI=1S/C19H16ClN3O2S/c20-19-18(23-26(24,25)16-4-2-1-3-5-16)11-15(12-22-19)13-6-7-17-14(10-13)8-9-21-17/h1-7,10-12,21,23H,8-9H2. The SMILES string of the molecule is O=S(=O)(Nc1cc(-c2ccc3c(c2)CCN3)cnc1Cl)c1ccccc1. The van der Waals surface area contributed by atoms with E-state index in [1.807, 2.05) is 12.1 Å². The molecule has 0 atom stereocenters. The molecule has 132 valence electrons. The summed E-state index contributed by atoms with van der Waals surface area (Å²) in [6.45, 7) is 0.930. The lowest BCUT2D eigenvalue weighted by Gasteiger charge is -2.11. The van der Waals surface area contributed by atoms with E-state index in [9.17, 15) is 8.42 Å². The van der Waals surface area contributed by atoms with Crippen molar-refractivity contribution in [2.45, 2.75) is 11.3 Å². The first-order chi connectivity index (χ1) is 12.5. The number of sulfonamides is 1. The molecule has 0 fully saturated rings. The average molecular weight is 386 g/mol. The van der Waals surface area contributed by atoms with Crippen molar-refractivity contribution in [2.24, 2.45) is 0 Å². The molecular formula is C19H16ClN3O2S. The van der Waals surface area contributed by atoms with Gasteiger partial charge in [0.25, 0.3) is 10.0 Å². The Morgan fingerprint density at radius 2 is 1.85 bits per heavy atom. The molecule has 2 N–H and O–H groups in total. The van der Waals surface area contributed by atoms with Gasteiger partial charge in [-0.2, -0.15) is 0 Å². The fourth-order valence-electron chi connectivity index (χ4n) is 2.97. The zero-order valence-electron chi connectivity index (χ0n) is 13.7. The lowest BCUT2D eigenvalue weighted by Crippen LogP contribution is -2.13.